The van der Waals surface area contributed by atoms with Gasteiger partial charge in [0.05, 0.1) is 29.4 Å². The standard InChI is InChI=1S/C42H42N6O6S2/c1-28-13-23-36(24-14-28)56(51,52)45-37(25-30-9-5-3-6-10-30)40(50)43-34-21-19-33(20-22-34)41-53-38(29(2)39(54-41)32-17-15-31(26-49)16-18-32)27-55-42-44-46-47-48(42)35-11-7-4-8-12-35/h3-24,29,37-39,41,45,49H,25-27H2,1-2H3,(H,43,50)/t29-,37-,38+,39+,41+/m1/s1. The summed E-state index contributed by atoms with van der Waals surface area (Å²) in [6.07, 6.45) is -1.21. The van der Waals surface area contributed by atoms with E-state index >= 15 is 0 Å². The summed E-state index contributed by atoms with van der Waals surface area (Å²) in [4.78, 5) is 13.8. The molecule has 288 valence electrons. The van der Waals surface area contributed by atoms with Crippen molar-refractivity contribution >= 4 is 33.4 Å². The van der Waals surface area contributed by atoms with Gasteiger partial charge in [-0.3, -0.25) is 4.79 Å². The number of anilines is 1. The molecular formula is C42H42N6O6S2. The monoisotopic (exact) mass is 790 g/mol. The number of aliphatic hydroxyl groups is 1. The van der Waals surface area contributed by atoms with Crippen LogP contribution in [0.2, 0.25) is 0 Å². The van der Waals surface area contributed by atoms with Crippen LogP contribution in [0.5, 0.6) is 0 Å². The fourth-order valence-electron chi connectivity index (χ4n) is 6.43. The molecule has 0 bridgehead atoms. The molecule has 56 heavy (non-hydrogen) atoms. The van der Waals surface area contributed by atoms with E-state index in [0.29, 0.717) is 16.6 Å². The number of carbonyl (C=O) groups is 1. The Morgan fingerprint density at radius 2 is 1.50 bits per heavy atom. The number of ether oxygens (including phenoxy) is 2. The molecule has 1 amide bonds. The van der Waals surface area contributed by atoms with Gasteiger partial charge in [-0.2, -0.15) is 9.40 Å². The van der Waals surface area contributed by atoms with Crippen molar-refractivity contribution in [2.75, 3.05) is 11.1 Å². The smallest absolute Gasteiger partial charge is 0.242 e. The van der Waals surface area contributed by atoms with Crippen LogP contribution < -0.4 is 10.0 Å². The maximum Gasteiger partial charge on any atom is 0.242 e. The molecule has 1 aliphatic heterocycles. The van der Waals surface area contributed by atoms with E-state index in [0.717, 1.165) is 33.5 Å². The van der Waals surface area contributed by atoms with Crippen LogP contribution in [0.3, 0.4) is 0 Å². The minimum Gasteiger partial charge on any atom is -0.392 e. The highest BCUT2D eigenvalue weighted by Gasteiger charge is 2.39. The maximum atomic E-state index is 13.8. The Bertz CT molecular complexity index is 2310. The molecule has 1 aliphatic rings. The van der Waals surface area contributed by atoms with Crippen LogP contribution in [0.25, 0.3) is 5.69 Å². The molecule has 0 unspecified atom stereocenters. The second-order valence-corrected chi connectivity index (χ2v) is 16.3. The van der Waals surface area contributed by atoms with Gasteiger partial charge in [-0.25, -0.2) is 8.42 Å². The van der Waals surface area contributed by atoms with Crippen LogP contribution in [0.15, 0.2) is 144 Å². The van der Waals surface area contributed by atoms with Crippen LogP contribution in [0, 0.1) is 12.8 Å². The molecule has 7 rings (SSSR count). The number of benzene rings is 5. The molecule has 1 fully saturated rings. The van der Waals surface area contributed by atoms with Gasteiger partial charge in [0.15, 0.2) is 6.29 Å². The molecule has 5 aromatic carbocycles. The van der Waals surface area contributed by atoms with Gasteiger partial charge in [-0.05, 0) is 76.9 Å². The minimum atomic E-state index is -4.00. The molecule has 1 aromatic heterocycles. The molecule has 1 saturated heterocycles. The number of thioether (sulfide) groups is 1. The van der Waals surface area contributed by atoms with Gasteiger partial charge in [-0.15, -0.1) is 5.10 Å². The molecule has 6 aromatic rings. The van der Waals surface area contributed by atoms with Gasteiger partial charge < -0.3 is 19.9 Å². The summed E-state index contributed by atoms with van der Waals surface area (Å²) in [6.45, 7) is 3.90. The van der Waals surface area contributed by atoms with Crippen molar-refractivity contribution in [3.05, 3.63) is 161 Å². The predicted molar refractivity (Wildman–Crippen MR) is 213 cm³/mol. The Labute approximate surface area is 330 Å². The SMILES string of the molecule is Cc1ccc(S(=O)(=O)N[C@H](Cc2ccccc2)C(=O)Nc2ccc([C@H]3O[C@@H](CSc4nnnn4-c4ccccc4)[C@@H](C)[C@@H](c4ccc(CO)cc4)O3)cc2)cc1. The van der Waals surface area contributed by atoms with Gasteiger partial charge >= 0.3 is 0 Å². The van der Waals surface area contributed by atoms with E-state index in [9.17, 15) is 18.3 Å². The fraction of sp³-hybridized carbons (Fsp3) is 0.238. The summed E-state index contributed by atoms with van der Waals surface area (Å²) in [7, 11) is -4.00. The molecule has 5 atom stereocenters. The number of tetrazole rings is 1. The number of amides is 1. The van der Waals surface area contributed by atoms with Crippen LogP contribution in [-0.2, 0) is 37.3 Å². The zero-order valence-corrected chi connectivity index (χ0v) is 32.4. The molecule has 0 aliphatic carbocycles. The average molecular weight is 791 g/mol. The van der Waals surface area contributed by atoms with Crippen molar-refractivity contribution in [1.82, 2.24) is 24.9 Å². The third-order valence-corrected chi connectivity index (χ3v) is 12.1. The number of hydrogen-bond acceptors (Lipinski definition) is 10. The van der Waals surface area contributed by atoms with Gasteiger partial charge in [0.25, 0.3) is 0 Å². The topological polar surface area (TPSA) is 158 Å². The number of nitrogens with one attached hydrogen (secondary N) is 2. The summed E-state index contributed by atoms with van der Waals surface area (Å²) in [5, 5.41) is 25.5. The van der Waals surface area contributed by atoms with Crippen molar-refractivity contribution in [1.29, 1.82) is 0 Å². The van der Waals surface area contributed by atoms with Gasteiger partial charge in [-0.1, -0.05) is 121 Å². The lowest BCUT2D eigenvalue weighted by atomic mass is 9.91. The second-order valence-electron chi connectivity index (χ2n) is 13.6. The van der Waals surface area contributed by atoms with E-state index in [1.165, 1.54) is 23.9 Å². The minimum absolute atomic E-state index is 0.0585. The number of aliphatic hydroxyl groups excluding tert-OH is 1. The Kier molecular flexibility index (Phi) is 12.3. The zero-order chi connectivity index (χ0) is 39.1. The molecule has 0 radical (unpaired) electrons. The molecule has 2 heterocycles. The van der Waals surface area contributed by atoms with E-state index in [1.54, 1.807) is 28.9 Å². The Morgan fingerprint density at radius 1 is 0.839 bits per heavy atom. The third kappa shape index (κ3) is 9.41. The number of rotatable bonds is 14. The summed E-state index contributed by atoms with van der Waals surface area (Å²) in [5.74, 6) is -0.0317. The first-order valence-corrected chi connectivity index (χ1v) is 20.6. The molecule has 14 heteroatoms. The largest absolute Gasteiger partial charge is 0.392 e. The van der Waals surface area contributed by atoms with Crippen molar-refractivity contribution < 1.29 is 27.8 Å². The number of aromatic nitrogens is 4. The summed E-state index contributed by atoms with van der Waals surface area (Å²) in [5.41, 5.74) is 5.55. The Morgan fingerprint density at radius 3 is 2.18 bits per heavy atom. The average Bonchev–Trinajstić information content (AvgIpc) is 3.70. The molecule has 0 saturated carbocycles. The first-order valence-electron chi connectivity index (χ1n) is 18.2. The second kappa shape index (κ2) is 17.7. The van der Waals surface area contributed by atoms with Crippen LogP contribution in [-0.4, -0.2) is 57.5 Å². The highest BCUT2D eigenvalue weighted by molar-refractivity contribution is 7.99. The quantitative estimate of drug-likeness (QED) is 0.103. The van der Waals surface area contributed by atoms with Crippen molar-refractivity contribution in [2.45, 2.75) is 61.5 Å². The molecule has 3 N–H and O–H groups in total. The molecular weight excluding hydrogens is 749 g/mol. The van der Waals surface area contributed by atoms with Crippen molar-refractivity contribution in [2.24, 2.45) is 5.92 Å². The Balaban J connectivity index is 1.09. The van der Waals surface area contributed by atoms with Gasteiger partial charge in [0.1, 0.15) is 6.04 Å². The van der Waals surface area contributed by atoms with Gasteiger partial charge in [0.2, 0.25) is 21.1 Å². The summed E-state index contributed by atoms with van der Waals surface area (Å²) >= 11 is 1.49. The number of carbonyl (C=O) groups excluding carboxylic acids is 1. The van der Waals surface area contributed by atoms with Gasteiger partial charge in [0, 0.05) is 22.9 Å². The van der Waals surface area contributed by atoms with E-state index in [4.69, 9.17) is 9.47 Å². The summed E-state index contributed by atoms with van der Waals surface area (Å²) in [6, 6.07) is 39.2. The third-order valence-electron chi connectivity index (χ3n) is 9.62. The number of sulfonamides is 1. The Hall–Kier alpha value is -5.22. The van der Waals surface area contributed by atoms with E-state index < -0.39 is 28.3 Å². The maximum absolute atomic E-state index is 13.8. The highest BCUT2D eigenvalue weighted by Crippen LogP contribution is 2.43. The number of para-hydroxylation sites is 1. The number of nitrogens with zero attached hydrogens (tertiary/aromatic N) is 4. The lowest BCUT2D eigenvalue weighted by molar-refractivity contribution is -0.268. The van der Waals surface area contributed by atoms with Crippen LogP contribution in [0.4, 0.5) is 5.69 Å². The van der Waals surface area contributed by atoms with E-state index in [-0.39, 0.29) is 36.0 Å². The van der Waals surface area contributed by atoms with Crippen molar-refractivity contribution in [3.8, 4) is 5.69 Å². The lowest BCUT2D eigenvalue weighted by Crippen LogP contribution is -2.45. The first-order chi connectivity index (χ1) is 27.2. The normalized spacial score (nSPS) is 19.0. The predicted octanol–water partition coefficient (Wildman–Crippen LogP) is 6.58. The van der Waals surface area contributed by atoms with E-state index in [1.807, 2.05) is 104 Å². The zero-order valence-electron chi connectivity index (χ0n) is 30.8. The highest BCUT2D eigenvalue weighted by atomic mass is 32.2. The van der Waals surface area contributed by atoms with E-state index in [2.05, 4.69) is 32.5 Å². The number of hydrogen-bond donors (Lipinski definition) is 3. The fourth-order valence-corrected chi connectivity index (χ4v) is 8.68. The molecule has 12 nitrogen and oxygen atoms in total. The van der Waals surface area contributed by atoms with Crippen molar-refractivity contribution in [3.63, 3.8) is 0 Å². The summed E-state index contributed by atoms with van der Waals surface area (Å²) < 4.78 is 44.3. The number of aryl methyl sites for hydroxylation is 1. The first kappa shape index (κ1) is 39.0. The molecule has 0 spiro atoms. The van der Waals surface area contributed by atoms with Crippen LogP contribution in [0.1, 0.15) is 47.1 Å². The van der Waals surface area contributed by atoms with Crippen LogP contribution >= 0.6 is 11.8 Å². The lowest BCUT2D eigenvalue weighted by Gasteiger charge is -2.41.